The molecule has 0 saturated carbocycles. The SMILES string of the molecule is C[C@@H](COCCC(=O)N1CCN2c3ncc(C(F)(F)F)cc3N(C)CC2C1)NC1CNNC(=O)C1C(F)(F)F. The maximum Gasteiger partial charge on any atom is 0.417 e. The van der Waals surface area contributed by atoms with Crippen molar-refractivity contribution in [3.8, 4) is 0 Å². The van der Waals surface area contributed by atoms with E-state index >= 15 is 0 Å². The molecule has 39 heavy (non-hydrogen) atoms. The Morgan fingerprint density at radius 3 is 2.67 bits per heavy atom. The first-order chi connectivity index (χ1) is 18.3. The fourth-order valence-corrected chi connectivity index (χ4v) is 5.18. The molecule has 0 radical (unpaired) electrons. The predicted molar refractivity (Wildman–Crippen MR) is 128 cm³/mol. The van der Waals surface area contributed by atoms with Gasteiger partial charge in [0.25, 0.3) is 0 Å². The summed E-state index contributed by atoms with van der Waals surface area (Å²) in [6, 6.07) is -0.720. The second-order valence-electron chi connectivity index (χ2n) is 10.0. The molecule has 1 aromatic rings. The van der Waals surface area contributed by atoms with Crippen LogP contribution in [0.1, 0.15) is 18.9 Å². The van der Waals surface area contributed by atoms with E-state index in [1.165, 1.54) is 0 Å². The Morgan fingerprint density at radius 1 is 1.23 bits per heavy atom. The molecule has 218 valence electrons. The summed E-state index contributed by atoms with van der Waals surface area (Å²) in [5.74, 6) is -3.04. The number of hydrogen-bond acceptors (Lipinski definition) is 8. The number of anilines is 2. The Morgan fingerprint density at radius 2 is 1.97 bits per heavy atom. The molecule has 0 bridgehead atoms. The third kappa shape index (κ3) is 6.66. The predicted octanol–water partition coefficient (Wildman–Crippen LogP) is 1.13. The summed E-state index contributed by atoms with van der Waals surface area (Å²) in [5.41, 5.74) is 4.01. The van der Waals surface area contributed by atoms with E-state index in [9.17, 15) is 35.9 Å². The van der Waals surface area contributed by atoms with E-state index in [0.717, 1.165) is 12.3 Å². The monoisotopic (exact) mass is 567 g/mol. The van der Waals surface area contributed by atoms with Crippen LogP contribution in [0.2, 0.25) is 0 Å². The number of nitrogens with zero attached hydrogens (tertiary/aromatic N) is 4. The number of hydrogen-bond donors (Lipinski definition) is 3. The highest BCUT2D eigenvalue weighted by atomic mass is 19.4. The van der Waals surface area contributed by atoms with Gasteiger partial charge in [-0.1, -0.05) is 0 Å². The van der Waals surface area contributed by atoms with E-state index in [4.69, 9.17) is 4.74 Å². The lowest BCUT2D eigenvalue weighted by Gasteiger charge is -2.48. The van der Waals surface area contributed by atoms with Gasteiger partial charge in [0, 0.05) is 58.1 Å². The van der Waals surface area contributed by atoms with Gasteiger partial charge in [-0.3, -0.25) is 15.0 Å². The van der Waals surface area contributed by atoms with Gasteiger partial charge in [-0.25, -0.2) is 10.4 Å². The number of carbonyl (C=O) groups excluding carboxylic acids is 2. The zero-order valence-electron chi connectivity index (χ0n) is 21.4. The maximum absolute atomic E-state index is 13.3. The Labute approximate surface area is 221 Å². The molecule has 2 saturated heterocycles. The molecular weight excluding hydrogens is 536 g/mol. The molecule has 1 aromatic heterocycles. The highest BCUT2D eigenvalue weighted by Gasteiger charge is 2.51. The Kier molecular flexibility index (Phi) is 8.47. The van der Waals surface area contributed by atoms with Crippen LogP contribution < -0.4 is 26.0 Å². The zero-order valence-corrected chi connectivity index (χ0v) is 21.4. The van der Waals surface area contributed by atoms with Crippen LogP contribution in [-0.4, -0.2) is 99.0 Å². The van der Waals surface area contributed by atoms with Crippen molar-refractivity contribution in [1.82, 2.24) is 26.1 Å². The maximum atomic E-state index is 13.3. The number of rotatable bonds is 7. The summed E-state index contributed by atoms with van der Waals surface area (Å²) in [6.07, 6.45) is -8.30. The normalized spacial score (nSPS) is 24.7. The summed E-state index contributed by atoms with van der Waals surface area (Å²) >= 11 is 0. The molecule has 16 heteroatoms. The van der Waals surface area contributed by atoms with Gasteiger partial charge in [0.15, 0.2) is 11.7 Å². The molecule has 0 aromatic carbocycles. The third-order valence-electron chi connectivity index (χ3n) is 7.08. The quantitative estimate of drug-likeness (QED) is 0.333. The molecule has 3 aliphatic heterocycles. The van der Waals surface area contributed by atoms with Crippen LogP contribution in [0.4, 0.5) is 37.8 Å². The van der Waals surface area contributed by atoms with Crippen LogP contribution in [0.3, 0.4) is 0 Å². The second-order valence-corrected chi connectivity index (χ2v) is 10.0. The average molecular weight is 568 g/mol. The number of hydrazine groups is 1. The lowest BCUT2D eigenvalue weighted by molar-refractivity contribution is -0.193. The van der Waals surface area contributed by atoms with Crippen molar-refractivity contribution in [2.45, 2.75) is 43.8 Å². The number of nitrogens with one attached hydrogen (secondary N) is 3. The third-order valence-corrected chi connectivity index (χ3v) is 7.08. The first-order valence-corrected chi connectivity index (χ1v) is 12.5. The highest BCUT2D eigenvalue weighted by molar-refractivity contribution is 5.80. The minimum Gasteiger partial charge on any atom is -0.379 e. The van der Waals surface area contributed by atoms with Gasteiger partial charge >= 0.3 is 12.4 Å². The molecule has 4 rings (SSSR count). The fraction of sp³-hybridized carbons (Fsp3) is 0.696. The lowest BCUT2D eigenvalue weighted by Crippen LogP contribution is -2.64. The number of fused-ring (bicyclic) bond motifs is 3. The van der Waals surface area contributed by atoms with E-state index in [-0.39, 0.29) is 38.1 Å². The molecule has 3 N–H and O–H groups in total. The van der Waals surface area contributed by atoms with E-state index in [1.54, 1.807) is 23.8 Å². The number of alkyl halides is 6. The minimum absolute atomic E-state index is 0.0412. The van der Waals surface area contributed by atoms with Gasteiger partial charge in [0.2, 0.25) is 11.8 Å². The number of likely N-dealkylation sites (N-methyl/N-ethyl adjacent to an activating group) is 1. The van der Waals surface area contributed by atoms with Crippen LogP contribution in [0.25, 0.3) is 0 Å². The van der Waals surface area contributed by atoms with Gasteiger partial charge in [0.1, 0.15) is 0 Å². The van der Waals surface area contributed by atoms with Crippen molar-refractivity contribution >= 4 is 23.3 Å². The lowest BCUT2D eigenvalue weighted by atomic mass is 9.96. The fourth-order valence-electron chi connectivity index (χ4n) is 5.18. The van der Waals surface area contributed by atoms with Crippen molar-refractivity contribution in [3.63, 3.8) is 0 Å². The summed E-state index contributed by atoms with van der Waals surface area (Å²) in [5, 5.41) is 2.77. The van der Waals surface area contributed by atoms with Crippen molar-refractivity contribution in [2.24, 2.45) is 5.92 Å². The Hall–Kier alpha value is -2.85. The van der Waals surface area contributed by atoms with Gasteiger partial charge in [-0.15, -0.1) is 0 Å². The molecule has 0 aliphatic carbocycles. The second kappa shape index (κ2) is 11.3. The Balaban J connectivity index is 1.23. The Bertz CT molecular complexity index is 1060. The highest BCUT2D eigenvalue weighted by Crippen LogP contribution is 2.39. The van der Waals surface area contributed by atoms with Crippen molar-refractivity contribution in [2.75, 3.05) is 62.8 Å². The summed E-state index contributed by atoms with van der Waals surface area (Å²) < 4.78 is 84.7. The first-order valence-electron chi connectivity index (χ1n) is 12.5. The largest absolute Gasteiger partial charge is 0.417 e. The van der Waals surface area contributed by atoms with E-state index in [0.29, 0.717) is 37.7 Å². The van der Waals surface area contributed by atoms with E-state index < -0.39 is 41.8 Å². The standard InChI is InChI=1S/C23H31F6N7O3/c1-13(32-16-9-31-33-21(38)19(16)23(27,28)29)12-39-6-3-18(37)35-4-5-36-15(11-35)10-34(2)17-7-14(22(24,25)26)8-30-20(17)36/h7-8,13,15-16,19,31-32H,3-6,9-12H2,1-2H3,(H,33,38)/t13-,15?,16?,19?/m0/s1. The van der Waals surface area contributed by atoms with Gasteiger partial charge in [-0.2, -0.15) is 26.3 Å². The first kappa shape index (κ1) is 29.1. The minimum atomic E-state index is -4.70. The van der Waals surface area contributed by atoms with Crippen molar-refractivity contribution < 1.29 is 40.7 Å². The van der Waals surface area contributed by atoms with Crippen molar-refractivity contribution in [3.05, 3.63) is 17.8 Å². The van der Waals surface area contributed by atoms with Crippen LogP contribution in [-0.2, 0) is 20.5 Å². The van der Waals surface area contributed by atoms with Gasteiger partial charge < -0.3 is 24.8 Å². The number of carbonyl (C=O) groups is 2. The van der Waals surface area contributed by atoms with Crippen LogP contribution in [0.5, 0.6) is 0 Å². The van der Waals surface area contributed by atoms with Crippen molar-refractivity contribution in [1.29, 1.82) is 0 Å². The number of piperazine rings is 1. The smallest absolute Gasteiger partial charge is 0.379 e. The zero-order chi connectivity index (χ0) is 28.5. The molecule has 3 aliphatic rings. The van der Waals surface area contributed by atoms with Crippen LogP contribution in [0.15, 0.2) is 12.3 Å². The molecule has 2 fully saturated rings. The molecule has 0 spiro atoms. The molecule has 2 amide bonds. The molecule has 4 atom stereocenters. The molecule has 4 heterocycles. The van der Waals surface area contributed by atoms with E-state index in [2.05, 4.69) is 15.7 Å². The number of halogens is 6. The van der Waals surface area contributed by atoms with Gasteiger partial charge in [-0.05, 0) is 13.0 Å². The van der Waals surface area contributed by atoms with E-state index in [1.807, 2.05) is 10.3 Å². The van der Waals surface area contributed by atoms with Gasteiger partial charge in [0.05, 0.1) is 36.9 Å². The number of amides is 2. The molecule has 10 nitrogen and oxygen atoms in total. The topological polar surface area (TPSA) is 102 Å². The molecule has 3 unspecified atom stereocenters. The number of pyridine rings is 1. The molecular formula is C23H31F6N7O3. The van der Waals surface area contributed by atoms with Crippen LogP contribution in [0, 0.1) is 5.92 Å². The summed E-state index contributed by atoms with van der Waals surface area (Å²) in [7, 11) is 1.69. The average Bonchev–Trinajstić information content (AvgIpc) is 2.84. The summed E-state index contributed by atoms with van der Waals surface area (Å²) in [4.78, 5) is 33.9. The number of ether oxygens (including phenoxy) is 1. The summed E-state index contributed by atoms with van der Waals surface area (Å²) in [6.45, 7) is 3.21. The van der Waals surface area contributed by atoms with Crippen LogP contribution >= 0.6 is 0 Å². The number of aromatic nitrogens is 1.